The molecule has 0 bridgehead atoms. The third-order valence-electron chi connectivity index (χ3n) is 4.12. The van der Waals surface area contributed by atoms with Crippen molar-refractivity contribution in [1.29, 1.82) is 5.26 Å². The van der Waals surface area contributed by atoms with Crippen molar-refractivity contribution in [3.05, 3.63) is 23.9 Å². The van der Waals surface area contributed by atoms with Crippen molar-refractivity contribution >= 4 is 12.0 Å². The molecule has 1 saturated heterocycles. The minimum atomic E-state index is -1.20. The van der Waals surface area contributed by atoms with Gasteiger partial charge in [0.25, 0.3) is 0 Å². The Hall–Kier alpha value is -2.82. The molecule has 2 heterocycles. The van der Waals surface area contributed by atoms with Gasteiger partial charge in [-0.05, 0) is 12.0 Å². The number of ether oxygens (including phenoxy) is 1. The molecule has 1 fully saturated rings. The summed E-state index contributed by atoms with van der Waals surface area (Å²) in [6.45, 7) is 4.63. The zero-order valence-electron chi connectivity index (χ0n) is 14.3. The lowest BCUT2D eigenvalue weighted by Crippen LogP contribution is -2.53. The zero-order valence-corrected chi connectivity index (χ0v) is 14.3. The van der Waals surface area contributed by atoms with E-state index in [-0.39, 0.29) is 17.9 Å². The van der Waals surface area contributed by atoms with Gasteiger partial charge >= 0.3 is 6.09 Å². The van der Waals surface area contributed by atoms with E-state index in [1.807, 2.05) is 19.9 Å². The monoisotopic (exact) mass is 346 g/mol. The number of carbonyl (C=O) groups excluding carboxylic acids is 1. The van der Waals surface area contributed by atoms with Gasteiger partial charge in [-0.3, -0.25) is 4.79 Å². The van der Waals surface area contributed by atoms with Crippen LogP contribution in [0.15, 0.2) is 18.3 Å². The number of nitrogens with zero attached hydrogens (tertiary/aromatic N) is 3. The van der Waals surface area contributed by atoms with Crippen molar-refractivity contribution in [3.8, 4) is 11.9 Å². The Kier molecular flexibility index (Phi) is 6.17. The van der Waals surface area contributed by atoms with Crippen LogP contribution in [0.2, 0.25) is 0 Å². The molecule has 2 N–H and O–H groups in total. The molecule has 1 aliphatic rings. The number of pyridine rings is 1. The van der Waals surface area contributed by atoms with E-state index in [0.29, 0.717) is 37.4 Å². The van der Waals surface area contributed by atoms with E-state index in [2.05, 4.69) is 10.3 Å². The molecule has 2 rings (SSSR count). The lowest BCUT2D eigenvalue weighted by atomic mass is 10.0. The van der Waals surface area contributed by atoms with Gasteiger partial charge in [0.2, 0.25) is 11.8 Å². The van der Waals surface area contributed by atoms with E-state index >= 15 is 0 Å². The number of amides is 2. The van der Waals surface area contributed by atoms with Crippen molar-refractivity contribution in [3.63, 3.8) is 0 Å². The van der Waals surface area contributed by atoms with E-state index < -0.39 is 12.1 Å². The Morgan fingerprint density at radius 1 is 1.40 bits per heavy atom. The van der Waals surface area contributed by atoms with E-state index in [0.717, 1.165) is 0 Å². The number of carbonyl (C=O) groups is 2. The predicted octanol–water partition coefficient (Wildman–Crippen LogP) is 1.62. The summed E-state index contributed by atoms with van der Waals surface area (Å²) in [5, 5.41) is 20.0. The summed E-state index contributed by atoms with van der Waals surface area (Å²) in [5.41, 5.74) is 0.471. The Morgan fingerprint density at radius 2 is 2.08 bits per heavy atom. The van der Waals surface area contributed by atoms with Crippen LogP contribution < -0.4 is 10.1 Å². The van der Waals surface area contributed by atoms with E-state index in [1.165, 1.54) is 6.20 Å². The van der Waals surface area contributed by atoms with Crippen molar-refractivity contribution in [2.24, 2.45) is 5.92 Å². The molecule has 8 heteroatoms. The third-order valence-corrected chi connectivity index (χ3v) is 4.12. The molecule has 1 atom stereocenters. The highest BCUT2D eigenvalue weighted by molar-refractivity contribution is 5.85. The fourth-order valence-electron chi connectivity index (χ4n) is 2.72. The molecule has 0 aromatic carbocycles. The Labute approximate surface area is 146 Å². The highest BCUT2D eigenvalue weighted by Crippen LogP contribution is 2.19. The maximum Gasteiger partial charge on any atom is 0.405 e. The highest BCUT2D eigenvalue weighted by atomic mass is 16.5. The molecule has 8 nitrogen and oxygen atoms in total. The summed E-state index contributed by atoms with van der Waals surface area (Å²) in [7, 11) is 0. The Morgan fingerprint density at radius 3 is 2.56 bits per heavy atom. The van der Waals surface area contributed by atoms with Crippen LogP contribution in [-0.2, 0) is 4.79 Å². The lowest BCUT2D eigenvalue weighted by molar-refractivity contribution is -0.136. The number of aromatic nitrogens is 1. The molecular weight excluding hydrogens is 324 g/mol. The first kappa shape index (κ1) is 18.5. The second kappa shape index (κ2) is 8.33. The van der Waals surface area contributed by atoms with Crippen LogP contribution in [0, 0.1) is 17.2 Å². The molecule has 25 heavy (non-hydrogen) atoms. The van der Waals surface area contributed by atoms with Gasteiger partial charge in [0, 0.05) is 38.2 Å². The van der Waals surface area contributed by atoms with Crippen molar-refractivity contribution in [1.82, 2.24) is 15.2 Å². The van der Waals surface area contributed by atoms with Gasteiger partial charge in [-0.15, -0.1) is 0 Å². The topological polar surface area (TPSA) is 116 Å². The molecule has 0 spiro atoms. The summed E-state index contributed by atoms with van der Waals surface area (Å²) in [6.07, 6.45) is 1.49. The number of carboxylic acid groups (broad SMARTS) is 1. The van der Waals surface area contributed by atoms with Gasteiger partial charge in [-0.25, -0.2) is 9.78 Å². The average molecular weight is 346 g/mol. The minimum Gasteiger partial charge on any atom is -0.474 e. The molecule has 1 aromatic heterocycles. The second-order valence-electron chi connectivity index (χ2n) is 6.31. The maximum absolute atomic E-state index is 12.5. The van der Waals surface area contributed by atoms with Crippen LogP contribution in [0.3, 0.4) is 0 Å². The lowest BCUT2D eigenvalue weighted by Gasteiger charge is -2.35. The molecule has 2 amide bonds. The first-order valence-corrected chi connectivity index (χ1v) is 8.21. The molecule has 0 saturated carbocycles. The Bertz CT molecular complexity index is 646. The van der Waals surface area contributed by atoms with E-state index in [1.54, 1.807) is 17.0 Å². The number of hydrogen-bond acceptors (Lipinski definition) is 5. The molecule has 1 aliphatic heterocycles. The molecular formula is C17H22N4O4. The summed E-state index contributed by atoms with van der Waals surface area (Å²) in [4.78, 5) is 29.2. The van der Waals surface area contributed by atoms with Gasteiger partial charge in [-0.2, -0.15) is 5.26 Å². The number of piperidine rings is 1. The first-order chi connectivity index (χ1) is 11.9. The second-order valence-corrected chi connectivity index (χ2v) is 6.31. The number of hydrogen-bond donors (Lipinski definition) is 2. The fourth-order valence-corrected chi connectivity index (χ4v) is 2.72. The van der Waals surface area contributed by atoms with Crippen LogP contribution in [0.1, 0.15) is 32.3 Å². The normalized spacial score (nSPS) is 16.2. The number of likely N-dealkylation sites (tertiary alicyclic amines) is 1. The SMILES string of the molecule is CC(C)[C@H](NC(=O)O)C(=O)N1CCC(Oc2ccc(C#N)cn2)CC1. The Balaban J connectivity index is 1.88. The van der Waals surface area contributed by atoms with Gasteiger partial charge < -0.3 is 20.1 Å². The summed E-state index contributed by atoms with van der Waals surface area (Å²) in [5.74, 6) is 0.129. The zero-order chi connectivity index (χ0) is 18.4. The predicted molar refractivity (Wildman–Crippen MR) is 89.0 cm³/mol. The molecule has 0 unspecified atom stereocenters. The van der Waals surface area contributed by atoms with Crippen LogP contribution >= 0.6 is 0 Å². The van der Waals surface area contributed by atoms with Crippen LogP contribution in [-0.4, -0.2) is 52.2 Å². The number of rotatable bonds is 5. The summed E-state index contributed by atoms with van der Waals surface area (Å²) < 4.78 is 5.79. The average Bonchev–Trinajstić information content (AvgIpc) is 2.60. The largest absolute Gasteiger partial charge is 0.474 e. The number of nitrogens with one attached hydrogen (secondary N) is 1. The van der Waals surface area contributed by atoms with Gasteiger partial charge in [0.1, 0.15) is 18.2 Å². The summed E-state index contributed by atoms with van der Waals surface area (Å²) in [6, 6.07) is 4.56. The standard InChI is InChI=1S/C17H22N4O4/c1-11(2)15(20-17(23)24)16(22)21-7-5-13(6-8-21)25-14-4-3-12(9-18)10-19-14/h3-4,10-11,13,15,20H,5-8H2,1-2H3,(H,23,24)/t15-/m0/s1. The quantitative estimate of drug-likeness (QED) is 0.837. The van der Waals surface area contributed by atoms with Crippen LogP contribution in [0.4, 0.5) is 4.79 Å². The van der Waals surface area contributed by atoms with Gasteiger partial charge in [0.15, 0.2) is 0 Å². The number of nitriles is 1. The highest BCUT2D eigenvalue weighted by Gasteiger charge is 2.31. The molecule has 0 aliphatic carbocycles. The third kappa shape index (κ3) is 5.08. The minimum absolute atomic E-state index is 0.0607. The van der Waals surface area contributed by atoms with Crippen molar-refractivity contribution < 1.29 is 19.4 Å². The molecule has 1 aromatic rings. The van der Waals surface area contributed by atoms with E-state index in [9.17, 15) is 9.59 Å². The maximum atomic E-state index is 12.5. The van der Waals surface area contributed by atoms with Crippen LogP contribution in [0.25, 0.3) is 0 Å². The van der Waals surface area contributed by atoms with Gasteiger partial charge in [-0.1, -0.05) is 13.8 Å². The van der Waals surface area contributed by atoms with Crippen molar-refractivity contribution in [2.45, 2.75) is 38.8 Å². The first-order valence-electron chi connectivity index (χ1n) is 8.21. The fraction of sp³-hybridized carbons (Fsp3) is 0.529. The smallest absolute Gasteiger partial charge is 0.405 e. The summed E-state index contributed by atoms with van der Waals surface area (Å²) >= 11 is 0. The molecule has 134 valence electrons. The van der Waals surface area contributed by atoms with E-state index in [4.69, 9.17) is 15.1 Å². The van der Waals surface area contributed by atoms with Crippen molar-refractivity contribution in [2.75, 3.05) is 13.1 Å². The van der Waals surface area contributed by atoms with Crippen LogP contribution in [0.5, 0.6) is 5.88 Å². The van der Waals surface area contributed by atoms with Gasteiger partial charge in [0.05, 0.1) is 5.56 Å². The molecule has 0 radical (unpaired) electrons.